The van der Waals surface area contributed by atoms with Crippen LogP contribution in [0.5, 0.6) is 0 Å². The molecule has 0 fully saturated rings. The van der Waals surface area contributed by atoms with E-state index in [4.69, 9.17) is 0 Å². The molecular formula is C10H21N3O5S. The molecule has 0 heterocycles. The molecule has 0 aliphatic rings. The average Bonchev–Trinajstić information content (AvgIpc) is 2.34. The maximum absolute atomic E-state index is 11.8. The Hall–Kier alpha value is -1.19. The van der Waals surface area contributed by atoms with Crippen molar-refractivity contribution in [3.8, 4) is 0 Å². The molecule has 0 radical (unpaired) electrons. The van der Waals surface area contributed by atoms with E-state index in [-0.39, 0.29) is 13.0 Å². The summed E-state index contributed by atoms with van der Waals surface area (Å²) in [6, 6.07) is -0.884. The van der Waals surface area contributed by atoms with Crippen molar-refractivity contribution in [1.82, 2.24) is 14.3 Å². The van der Waals surface area contributed by atoms with Crippen LogP contribution in [0, 0.1) is 0 Å². The Morgan fingerprint density at radius 2 is 1.95 bits per heavy atom. The van der Waals surface area contributed by atoms with Gasteiger partial charge in [0.25, 0.3) is 10.2 Å². The fourth-order valence-electron chi connectivity index (χ4n) is 1.17. The lowest BCUT2D eigenvalue weighted by atomic mass is 10.3. The highest BCUT2D eigenvalue weighted by molar-refractivity contribution is 7.87. The van der Waals surface area contributed by atoms with Crippen molar-refractivity contribution in [2.75, 3.05) is 27.2 Å². The smallest absolute Gasteiger partial charge is 0.306 e. The first-order valence-corrected chi connectivity index (χ1v) is 7.26. The average molecular weight is 295 g/mol. The van der Waals surface area contributed by atoms with Gasteiger partial charge in [-0.25, -0.2) is 0 Å². The standard InChI is InChI=1S/C10H21N3O5S/c1-5-11-10(15)8(2)12-19(16,17)13(3)7-6-9(14)18-4/h8,12H,5-7H2,1-4H3,(H,11,15). The second-order valence-corrected chi connectivity index (χ2v) is 5.70. The van der Waals surface area contributed by atoms with E-state index in [2.05, 4.69) is 14.8 Å². The minimum Gasteiger partial charge on any atom is -0.469 e. The third-order valence-electron chi connectivity index (χ3n) is 2.34. The first kappa shape index (κ1) is 17.8. The zero-order valence-electron chi connectivity index (χ0n) is 11.6. The Labute approximate surface area is 113 Å². The van der Waals surface area contributed by atoms with Crippen LogP contribution < -0.4 is 10.0 Å². The SMILES string of the molecule is CCNC(=O)C(C)NS(=O)(=O)N(C)CCC(=O)OC. The monoisotopic (exact) mass is 295 g/mol. The van der Waals surface area contributed by atoms with E-state index in [1.54, 1.807) is 6.92 Å². The van der Waals surface area contributed by atoms with E-state index in [1.165, 1.54) is 21.1 Å². The summed E-state index contributed by atoms with van der Waals surface area (Å²) in [5.41, 5.74) is 0. The van der Waals surface area contributed by atoms with Crippen molar-refractivity contribution < 1.29 is 22.7 Å². The van der Waals surface area contributed by atoms with Gasteiger partial charge in [-0.15, -0.1) is 0 Å². The molecule has 8 nitrogen and oxygen atoms in total. The molecule has 0 aliphatic heterocycles. The lowest BCUT2D eigenvalue weighted by molar-refractivity contribution is -0.140. The topological polar surface area (TPSA) is 105 Å². The minimum atomic E-state index is -3.81. The van der Waals surface area contributed by atoms with Crippen molar-refractivity contribution in [1.29, 1.82) is 0 Å². The molecule has 0 rings (SSSR count). The lowest BCUT2D eigenvalue weighted by Crippen LogP contribution is -2.49. The molecule has 112 valence electrons. The fraction of sp³-hybridized carbons (Fsp3) is 0.800. The number of esters is 1. The maximum atomic E-state index is 11.8. The van der Waals surface area contributed by atoms with E-state index in [0.717, 1.165) is 4.31 Å². The summed E-state index contributed by atoms with van der Waals surface area (Å²) in [4.78, 5) is 22.4. The summed E-state index contributed by atoms with van der Waals surface area (Å²) in [5, 5.41) is 2.51. The number of nitrogens with zero attached hydrogens (tertiary/aromatic N) is 1. The predicted octanol–water partition coefficient (Wildman–Crippen LogP) is -1.16. The van der Waals surface area contributed by atoms with Gasteiger partial charge >= 0.3 is 5.97 Å². The quantitative estimate of drug-likeness (QED) is 0.550. The van der Waals surface area contributed by atoms with E-state index in [9.17, 15) is 18.0 Å². The second-order valence-electron chi connectivity index (χ2n) is 3.89. The summed E-state index contributed by atoms with van der Waals surface area (Å²) in [6.45, 7) is 3.57. The Balaban J connectivity index is 4.45. The van der Waals surface area contributed by atoms with Crippen molar-refractivity contribution in [2.24, 2.45) is 0 Å². The van der Waals surface area contributed by atoms with Gasteiger partial charge in [0.1, 0.15) is 0 Å². The molecule has 0 aromatic rings. The van der Waals surface area contributed by atoms with Crippen molar-refractivity contribution >= 4 is 22.1 Å². The van der Waals surface area contributed by atoms with Gasteiger partial charge in [-0.3, -0.25) is 9.59 Å². The number of methoxy groups -OCH3 is 1. The van der Waals surface area contributed by atoms with Gasteiger partial charge < -0.3 is 10.1 Å². The molecule has 19 heavy (non-hydrogen) atoms. The first-order valence-electron chi connectivity index (χ1n) is 5.82. The zero-order chi connectivity index (χ0) is 15.1. The van der Waals surface area contributed by atoms with Crippen LogP contribution >= 0.6 is 0 Å². The summed E-state index contributed by atoms with van der Waals surface area (Å²) < 4.78 is 31.3. The summed E-state index contributed by atoms with van der Waals surface area (Å²) in [5.74, 6) is -0.911. The van der Waals surface area contributed by atoms with Crippen LogP contribution in [-0.4, -0.2) is 57.9 Å². The molecule has 0 saturated heterocycles. The van der Waals surface area contributed by atoms with Crippen LogP contribution in [0.3, 0.4) is 0 Å². The number of carbonyl (C=O) groups excluding carboxylic acids is 2. The highest BCUT2D eigenvalue weighted by Crippen LogP contribution is 1.99. The summed E-state index contributed by atoms with van der Waals surface area (Å²) >= 11 is 0. The highest BCUT2D eigenvalue weighted by atomic mass is 32.2. The van der Waals surface area contributed by atoms with Gasteiger partial charge in [0.05, 0.1) is 19.6 Å². The Bertz CT molecular complexity index is 409. The Kier molecular flexibility index (Phi) is 7.57. The number of hydrogen-bond acceptors (Lipinski definition) is 5. The maximum Gasteiger partial charge on any atom is 0.306 e. The fourth-order valence-corrected chi connectivity index (χ4v) is 2.23. The highest BCUT2D eigenvalue weighted by Gasteiger charge is 2.24. The molecule has 9 heteroatoms. The lowest BCUT2D eigenvalue weighted by Gasteiger charge is -2.20. The van der Waals surface area contributed by atoms with Gasteiger partial charge in [0.2, 0.25) is 5.91 Å². The van der Waals surface area contributed by atoms with Crippen molar-refractivity contribution in [2.45, 2.75) is 26.3 Å². The van der Waals surface area contributed by atoms with E-state index < -0.39 is 28.1 Å². The van der Waals surface area contributed by atoms with E-state index >= 15 is 0 Å². The summed E-state index contributed by atoms with van der Waals surface area (Å²) in [6.07, 6.45) is -0.0521. The second kappa shape index (κ2) is 8.08. The molecule has 0 aliphatic carbocycles. The van der Waals surface area contributed by atoms with Gasteiger partial charge in [-0.2, -0.15) is 17.4 Å². The molecule has 2 N–H and O–H groups in total. The molecular weight excluding hydrogens is 274 g/mol. The molecule has 1 unspecified atom stereocenters. The van der Waals surface area contributed by atoms with Gasteiger partial charge in [-0.1, -0.05) is 0 Å². The Morgan fingerprint density at radius 3 is 2.42 bits per heavy atom. The van der Waals surface area contributed by atoms with Crippen molar-refractivity contribution in [3.05, 3.63) is 0 Å². The van der Waals surface area contributed by atoms with Gasteiger partial charge in [-0.05, 0) is 13.8 Å². The van der Waals surface area contributed by atoms with Crippen LogP contribution in [0.4, 0.5) is 0 Å². The van der Waals surface area contributed by atoms with E-state index in [1.807, 2.05) is 0 Å². The zero-order valence-corrected chi connectivity index (χ0v) is 12.4. The number of likely N-dealkylation sites (N-methyl/N-ethyl adjacent to an activating group) is 1. The van der Waals surface area contributed by atoms with Crippen LogP contribution in [0.25, 0.3) is 0 Å². The van der Waals surface area contributed by atoms with Crippen LogP contribution in [0.1, 0.15) is 20.3 Å². The number of rotatable bonds is 8. The third kappa shape index (κ3) is 6.50. The third-order valence-corrected chi connectivity index (χ3v) is 3.99. The molecule has 0 saturated carbocycles. The number of carbonyl (C=O) groups is 2. The molecule has 0 aromatic heterocycles. The minimum absolute atomic E-state index is 0.0237. The first-order chi connectivity index (χ1) is 8.74. The molecule has 0 aromatic carbocycles. The number of amides is 1. The predicted molar refractivity (Wildman–Crippen MR) is 69.5 cm³/mol. The van der Waals surface area contributed by atoms with Gasteiger partial charge in [0.15, 0.2) is 0 Å². The number of ether oxygens (including phenoxy) is 1. The molecule has 0 spiro atoms. The van der Waals surface area contributed by atoms with Crippen molar-refractivity contribution in [3.63, 3.8) is 0 Å². The molecule has 1 amide bonds. The number of hydrogen-bond donors (Lipinski definition) is 2. The normalized spacial score (nSPS) is 13.1. The van der Waals surface area contributed by atoms with E-state index in [0.29, 0.717) is 6.54 Å². The molecule has 1 atom stereocenters. The largest absolute Gasteiger partial charge is 0.469 e. The van der Waals surface area contributed by atoms with Crippen LogP contribution in [0.15, 0.2) is 0 Å². The summed E-state index contributed by atoms with van der Waals surface area (Å²) in [7, 11) is -1.27. The Morgan fingerprint density at radius 1 is 1.37 bits per heavy atom. The van der Waals surface area contributed by atoms with Gasteiger partial charge in [0, 0.05) is 20.1 Å². The number of nitrogens with one attached hydrogen (secondary N) is 2. The molecule has 0 bridgehead atoms. The van der Waals surface area contributed by atoms with Crippen LogP contribution in [-0.2, 0) is 24.5 Å². The van der Waals surface area contributed by atoms with Crippen LogP contribution in [0.2, 0.25) is 0 Å².